The number of rotatable bonds is 7. The molecule has 0 unspecified atom stereocenters. The van der Waals surface area contributed by atoms with Crippen molar-refractivity contribution in [1.29, 1.82) is 0 Å². The first kappa shape index (κ1) is 20.6. The van der Waals surface area contributed by atoms with Crippen molar-refractivity contribution in [3.05, 3.63) is 29.8 Å². The monoisotopic (exact) mass is 379 g/mol. The lowest BCUT2D eigenvalue weighted by Crippen LogP contribution is -2.44. The molecule has 1 aliphatic rings. The second-order valence-electron chi connectivity index (χ2n) is 6.85. The van der Waals surface area contributed by atoms with Gasteiger partial charge in [0.2, 0.25) is 15.9 Å². The molecule has 0 aromatic heterocycles. The maximum Gasteiger partial charge on any atom is 0.244 e. The molecule has 0 radical (unpaired) electrons. The third kappa shape index (κ3) is 5.14. The highest BCUT2D eigenvalue weighted by Crippen LogP contribution is 2.24. The summed E-state index contributed by atoms with van der Waals surface area (Å²) in [5.41, 5.74) is 3.59. The Morgan fingerprint density at radius 2 is 1.96 bits per heavy atom. The molecule has 0 spiro atoms. The number of piperidine rings is 1. The van der Waals surface area contributed by atoms with Gasteiger partial charge < -0.3 is 0 Å². The highest BCUT2D eigenvalue weighted by atomic mass is 32.2. The van der Waals surface area contributed by atoms with E-state index in [-0.39, 0.29) is 23.3 Å². The van der Waals surface area contributed by atoms with Crippen LogP contribution in [0.5, 0.6) is 0 Å². The third-order valence-electron chi connectivity index (χ3n) is 4.92. The molecule has 1 fully saturated rings. The number of hydrogen-bond donors (Lipinski definition) is 1. The zero-order valence-corrected chi connectivity index (χ0v) is 16.6. The number of nitrogens with zero attached hydrogens (tertiary/aromatic N) is 2. The second-order valence-corrected chi connectivity index (χ2v) is 8.78. The van der Waals surface area contributed by atoms with E-state index in [0.29, 0.717) is 25.3 Å². The van der Waals surface area contributed by atoms with Crippen LogP contribution in [0.3, 0.4) is 0 Å². The van der Waals surface area contributed by atoms with E-state index in [2.05, 4.69) is 24.4 Å². The van der Waals surface area contributed by atoms with Crippen molar-refractivity contribution < 1.29 is 13.2 Å². The molecule has 0 aliphatic carbocycles. The second kappa shape index (κ2) is 9.28. The molecule has 1 aromatic rings. The van der Waals surface area contributed by atoms with E-state index in [1.807, 2.05) is 6.92 Å². The first-order valence-corrected chi connectivity index (χ1v) is 10.7. The van der Waals surface area contributed by atoms with E-state index in [1.54, 1.807) is 30.5 Å². The summed E-state index contributed by atoms with van der Waals surface area (Å²) in [6.45, 7) is 6.72. The molecule has 1 N–H and O–H groups in total. The number of benzene rings is 1. The maximum atomic E-state index is 12.8. The SMILES string of the molecule is CCC(/C=N\NC(=O)[C@@H]1CCCN(S(=O)(=O)c2ccc(C)cc2)C1)CC. The summed E-state index contributed by atoms with van der Waals surface area (Å²) in [6, 6.07) is 6.81. The van der Waals surface area contributed by atoms with Gasteiger partial charge in [-0.05, 0) is 50.7 Å². The fourth-order valence-electron chi connectivity index (χ4n) is 3.03. The quantitative estimate of drug-likeness (QED) is 0.584. The van der Waals surface area contributed by atoms with Crippen LogP contribution in [0.1, 0.15) is 45.1 Å². The Kier molecular flexibility index (Phi) is 7.34. The minimum atomic E-state index is -3.57. The number of nitrogens with one attached hydrogen (secondary N) is 1. The van der Waals surface area contributed by atoms with Crippen LogP contribution in [0.25, 0.3) is 0 Å². The first-order valence-electron chi connectivity index (χ1n) is 9.28. The fraction of sp³-hybridized carbons (Fsp3) is 0.579. The minimum absolute atomic E-state index is 0.197. The molecule has 1 aliphatic heterocycles. The van der Waals surface area contributed by atoms with Crippen molar-refractivity contribution >= 4 is 22.1 Å². The summed E-state index contributed by atoms with van der Waals surface area (Å²) in [6.07, 6.45) is 5.05. The summed E-state index contributed by atoms with van der Waals surface area (Å²) in [7, 11) is -3.57. The van der Waals surface area contributed by atoms with Crippen molar-refractivity contribution in [1.82, 2.24) is 9.73 Å². The van der Waals surface area contributed by atoms with Gasteiger partial charge in [-0.2, -0.15) is 9.41 Å². The smallest absolute Gasteiger partial charge is 0.244 e. The zero-order valence-electron chi connectivity index (χ0n) is 15.8. The van der Waals surface area contributed by atoms with Crippen molar-refractivity contribution in [3.63, 3.8) is 0 Å². The van der Waals surface area contributed by atoms with E-state index < -0.39 is 10.0 Å². The molecule has 1 saturated heterocycles. The van der Waals surface area contributed by atoms with E-state index in [9.17, 15) is 13.2 Å². The molecule has 26 heavy (non-hydrogen) atoms. The van der Waals surface area contributed by atoms with Gasteiger partial charge in [0.15, 0.2) is 0 Å². The Balaban J connectivity index is 2.02. The van der Waals surface area contributed by atoms with Crippen LogP contribution < -0.4 is 5.43 Å². The number of amides is 1. The molecule has 1 atom stereocenters. The van der Waals surface area contributed by atoms with E-state index in [1.165, 1.54) is 4.31 Å². The van der Waals surface area contributed by atoms with Gasteiger partial charge in [-0.25, -0.2) is 13.8 Å². The highest BCUT2D eigenvalue weighted by Gasteiger charge is 2.33. The Hall–Kier alpha value is -1.73. The number of carbonyl (C=O) groups is 1. The molecule has 0 saturated carbocycles. The van der Waals surface area contributed by atoms with Crippen molar-refractivity contribution in [2.24, 2.45) is 16.9 Å². The first-order chi connectivity index (χ1) is 12.4. The Bertz CT molecular complexity index is 725. The van der Waals surface area contributed by atoms with Crippen LogP contribution in [0.2, 0.25) is 0 Å². The molecule has 144 valence electrons. The van der Waals surface area contributed by atoms with Gasteiger partial charge in [0.1, 0.15) is 0 Å². The molecule has 2 rings (SSSR count). The number of hydrazone groups is 1. The Labute approximate surface area is 156 Å². The number of sulfonamides is 1. The minimum Gasteiger partial charge on any atom is -0.273 e. The van der Waals surface area contributed by atoms with Gasteiger partial charge in [-0.15, -0.1) is 0 Å². The average molecular weight is 380 g/mol. The number of carbonyl (C=O) groups excluding carboxylic acids is 1. The van der Waals surface area contributed by atoms with Crippen molar-refractivity contribution in [3.8, 4) is 0 Å². The molecule has 6 nitrogen and oxygen atoms in total. The Morgan fingerprint density at radius 3 is 2.58 bits per heavy atom. The fourth-order valence-corrected chi connectivity index (χ4v) is 4.55. The summed E-state index contributed by atoms with van der Waals surface area (Å²) in [5, 5.41) is 4.05. The molecule has 1 aromatic carbocycles. The predicted octanol–water partition coefficient (Wildman–Crippen LogP) is 2.93. The van der Waals surface area contributed by atoms with Gasteiger partial charge in [0.25, 0.3) is 0 Å². The summed E-state index contributed by atoms with van der Waals surface area (Å²) >= 11 is 0. The molecular formula is C19H29N3O3S. The van der Waals surface area contributed by atoms with Crippen LogP contribution in [0.4, 0.5) is 0 Å². The van der Waals surface area contributed by atoms with Crippen molar-refractivity contribution in [2.75, 3.05) is 13.1 Å². The molecule has 1 amide bonds. The van der Waals surface area contributed by atoms with Crippen molar-refractivity contribution in [2.45, 2.75) is 51.3 Å². The lowest BCUT2D eigenvalue weighted by molar-refractivity contribution is -0.126. The van der Waals surface area contributed by atoms with E-state index >= 15 is 0 Å². The normalized spacial score (nSPS) is 19.2. The maximum absolute atomic E-state index is 12.8. The summed E-state index contributed by atoms with van der Waals surface area (Å²) < 4.78 is 27.0. The third-order valence-corrected chi connectivity index (χ3v) is 6.80. The summed E-state index contributed by atoms with van der Waals surface area (Å²) in [4.78, 5) is 12.6. The van der Waals surface area contributed by atoms with Gasteiger partial charge >= 0.3 is 0 Å². The van der Waals surface area contributed by atoms with Crippen LogP contribution in [-0.4, -0.2) is 37.9 Å². The Morgan fingerprint density at radius 1 is 1.31 bits per heavy atom. The van der Waals surface area contributed by atoms with Gasteiger partial charge in [-0.3, -0.25) is 4.79 Å². The zero-order chi connectivity index (χ0) is 19.2. The van der Waals surface area contributed by atoms with E-state index in [0.717, 1.165) is 18.4 Å². The van der Waals surface area contributed by atoms with Crippen LogP contribution in [0.15, 0.2) is 34.3 Å². The van der Waals surface area contributed by atoms with Gasteiger partial charge in [0.05, 0.1) is 10.8 Å². The topological polar surface area (TPSA) is 78.8 Å². The van der Waals surface area contributed by atoms with E-state index in [4.69, 9.17) is 0 Å². The molecule has 1 heterocycles. The van der Waals surface area contributed by atoms with Gasteiger partial charge in [-0.1, -0.05) is 31.5 Å². The lowest BCUT2D eigenvalue weighted by atomic mass is 9.99. The molecule has 0 bridgehead atoms. The van der Waals surface area contributed by atoms with Crippen LogP contribution >= 0.6 is 0 Å². The van der Waals surface area contributed by atoms with Crippen LogP contribution in [-0.2, 0) is 14.8 Å². The lowest BCUT2D eigenvalue weighted by Gasteiger charge is -2.30. The number of hydrogen-bond acceptors (Lipinski definition) is 4. The molecule has 7 heteroatoms. The summed E-state index contributed by atoms with van der Waals surface area (Å²) in [5.74, 6) is -0.237. The molecular weight excluding hydrogens is 350 g/mol. The standard InChI is InChI=1S/C19H29N3O3S/c1-4-16(5-2)13-20-21-19(23)17-7-6-12-22(14-17)26(24,25)18-10-8-15(3)9-11-18/h8-11,13,16-17H,4-7,12,14H2,1-3H3,(H,21,23)/b20-13-/t17-/m1/s1. The number of aryl methyl sites for hydroxylation is 1. The largest absolute Gasteiger partial charge is 0.273 e. The average Bonchev–Trinajstić information content (AvgIpc) is 2.65. The van der Waals surface area contributed by atoms with Crippen LogP contribution in [0, 0.1) is 18.8 Å². The van der Waals surface area contributed by atoms with Gasteiger partial charge in [0, 0.05) is 19.3 Å². The highest BCUT2D eigenvalue weighted by molar-refractivity contribution is 7.89. The predicted molar refractivity (Wildman–Crippen MR) is 103 cm³/mol.